The number of fused-ring (bicyclic) bond motifs is 2. The lowest BCUT2D eigenvalue weighted by Crippen LogP contribution is -2.27. The van der Waals surface area contributed by atoms with Crippen LogP contribution in [0.2, 0.25) is 0 Å². The predicted molar refractivity (Wildman–Crippen MR) is 108 cm³/mol. The van der Waals surface area contributed by atoms with Crippen LogP contribution in [-0.4, -0.2) is 29.3 Å². The standard InChI is InChI=1S/C22H21N3O/c23-13-18(26)14-24-22-12-21(25-20-8-4-3-7-19(20)22)17-10-9-15-5-1-2-6-16(15)11-17/h1-12,18,26H,13-14,23H2,(H,24,25). The highest BCUT2D eigenvalue weighted by Crippen LogP contribution is 2.30. The fourth-order valence-corrected chi connectivity index (χ4v) is 3.13. The summed E-state index contributed by atoms with van der Waals surface area (Å²) in [4.78, 5) is 4.83. The second-order valence-electron chi connectivity index (χ2n) is 6.40. The molecular formula is C22H21N3O. The first kappa shape index (κ1) is 16.5. The lowest BCUT2D eigenvalue weighted by atomic mass is 10.0. The van der Waals surface area contributed by atoms with Gasteiger partial charge < -0.3 is 16.2 Å². The molecular weight excluding hydrogens is 322 g/mol. The molecule has 0 aliphatic heterocycles. The van der Waals surface area contributed by atoms with Crippen LogP contribution < -0.4 is 11.1 Å². The number of aromatic nitrogens is 1. The first-order valence-corrected chi connectivity index (χ1v) is 8.75. The maximum atomic E-state index is 9.79. The zero-order valence-corrected chi connectivity index (χ0v) is 14.4. The largest absolute Gasteiger partial charge is 0.390 e. The zero-order chi connectivity index (χ0) is 17.9. The van der Waals surface area contributed by atoms with Gasteiger partial charge in [-0.1, -0.05) is 54.6 Å². The van der Waals surface area contributed by atoms with E-state index in [0.29, 0.717) is 6.54 Å². The van der Waals surface area contributed by atoms with E-state index in [-0.39, 0.29) is 6.54 Å². The van der Waals surface area contributed by atoms with Crippen molar-refractivity contribution in [1.29, 1.82) is 0 Å². The molecule has 1 atom stereocenters. The number of aliphatic hydroxyl groups is 1. The SMILES string of the molecule is NCC(O)CNc1cc(-c2ccc3ccccc3c2)nc2ccccc12. The Balaban J connectivity index is 1.81. The minimum Gasteiger partial charge on any atom is -0.390 e. The van der Waals surface area contributed by atoms with Crippen molar-refractivity contribution in [2.24, 2.45) is 5.73 Å². The molecule has 0 saturated carbocycles. The number of hydrogen-bond donors (Lipinski definition) is 3. The third kappa shape index (κ3) is 3.25. The van der Waals surface area contributed by atoms with Gasteiger partial charge in [0.25, 0.3) is 0 Å². The lowest BCUT2D eigenvalue weighted by Gasteiger charge is -2.14. The van der Waals surface area contributed by atoms with Gasteiger partial charge in [-0.3, -0.25) is 0 Å². The summed E-state index contributed by atoms with van der Waals surface area (Å²) in [7, 11) is 0. The number of rotatable bonds is 5. The van der Waals surface area contributed by atoms with Crippen LogP contribution in [0, 0.1) is 0 Å². The molecule has 0 spiro atoms. The van der Waals surface area contributed by atoms with Crippen molar-refractivity contribution < 1.29 is 5.11 Å². The number of hydrogen-bond acceptors (Lipinski definition) is 4. The molecule has 0 aliphatic rings. The van der Waals surface area contributed by atoms with E-state index in [1.54, 1.807) is 0 Å². The molecule has 0 radical (unpaired) electrons. The molecule has 0 amide bonds. The highest BCUT2D eigenvalue weighted by atomic mass is 16.3. The van der Waals surface area contributed by atoms with Crippen LogP contribution in [0.5, 0.6) is 0 Å². The van der Waals surface area contributed by atoms with Gasteiger partial charge in [-0.05, 0) is 29.0 Å². The van der Waals surface area contributed by atoms with Gasteiger partial charge in [0.05, 0.1) is 17.3 Å². The molecule has 1 heterocycles. The molecule has 4 nitrogen and oxygen atoms in total. The summed E-state index contributed by atoms with van der Waals surface area (Å²) in [6, 6.07) is 24.7. The van der Waals surface area contributed by atoms with E-state index in [1.165, 1.54) is 10.8 Å². The molecule has 0 aliphatic carbocycles. The number of benzene rings is 3. The number of para-hydroxylation sites is 1. The van der Waals surface area contributed by atoms with Gasteiger partial charge in [0.1, 0.15) is 0 Å². The Labute approximate surface area is 152 Å². The molecule has 4 rings (SSSR count). The quantitative estimate of drug-likeness (QED) is 0.516. The fraction of sp³-hybridized carbons (Fsp3) is 0.136. The molecule has 1 unspecified atom stereocenters. The van der Waals surface area contributed by atoms with Crippen molar-refractivity contribution in [3.8, 4) is 11.3 Å². The highest BCUT2D eigenvalue weighted by molar-refractivity contribution is 5.95. The summed E-state index contributed by atoms with van der Waals surface area (Å²) in [6.07, 6.45) is -0.578. The van der Waals surface area contributed by atoms with Crippen LogP contribution in [-0.2, 0) is 0 Å². The predicted octanol–water partition coefficient (Wildman–Crippen LogP) is 3.79. The Kier molecular flexibility index (Phi) is 4.52. The molecule has 3 aromatic carbocycles. The smallest absolute Gasteiger partial charge is 0.0834 e. The first-order chi connectivity index (χ1) is 12.7. The Morgan fingerprint density at radius 3 is 2.54 bits per heavy atom. The van der Waals surface area contributed by atoms with E-state index >= 15 is 0 Å². The van der Waals surface area contributed by atoms with E-state index in [9.17, 15) is 5.11 Å². The molecule has 26 heavy (non-hydrogen) atoms. The average molecular weight is 343 g/mol. The van der Waals surface area contributed by atoms with E-state index < -0.39 is 6.10 Å². The molecule has 4 N–H and O–H groups in total. The lowest BCUT2D eigenvalue weighted by molar-refractivity contribution is 0.196. The van der Waals surface area contributed by atoms with Crippen molar-refractivity contribution in [3.05, 3.63) is 72.8 Å². The number of nitrogens with one attached hydrogen (secondary N) is 1. The van der Waals surface area contributed by atoms with Crippen molar-refractivity contribution in [3.63, 3.8) is 0 Å². The Hall–Kier alpha value is -2.95. The van der Waals surface area contributed by atoms with Gasteiger partial charge in [0.2, 0.25) is 0 Å². The number of aliphatic hydroxyl groups excluding tert-OH is 1. The molecule has 0 bridgehead atoms. The molecule has 0 fully saturated rings. The number of nitrogens with zero attached hydrogens (tertiary/aromatic N) is 1. The summed E-state index contributed by atoms with van der Waals surface area (Å²) >= 11 is 0. The summed E-state index contributed by atoms with van der Waals surface area (Å²) in [5.41, 5.74) is 9.36. The summed E-state index contributed by atoms with van der Waals surface area (Å²) < 4.78 is 0. The Morgan fingerprint density at radius 1 is 0.923 bits per heavy atom. The molecule has 1 aromatic heterocycles. The number of anilines is 1. The van der Waals surface area contributed by atoms with Crippen LogP contribution in [0.15, 0.2) is 72.8 Å². The Bertz CT molecular complexity index is 1060. The van der Waals surface area contributed by atoms with Crippen LogP contribution >= 0.6 is 0 Å². The monoisotopic (exact) mass is 343 g/mol. The topological polar surface area (TPSA) is 71.2 Å². The van der Waals surface area contributed by atoms with Crippen molar-refractivity contribution in [2.75, 3.05) is 18.4 Å². The third-order valence-corrected chi connectivity index (χ3v) is 4.56. The minimum absolute atomic E-state index is 0.230. The van der Waals surface area contributed by atoms with Crippen molar-refractivity contribution in [2.45, 2.75) is 6.10 Å². The van der Waals surface area contributed by atoms with Crippen molar-refractivity contribution in [1.82, 2.24) is 4.98 Å². The molecule has 130 valence electrons. The van der Waals surface area contributed by atoms with Gasteiger partial charge in [-0.15, -0.1) is 0 Å². The van der Waals surface area contributed by atoms with Gasteiger partial charge in [0.15, 0.2) is 0 Å². The van der Waals surface area contributed by atoms with Gasteiger partial charge in [-0.2, -0.15) is 0 Å². The fourth-order valence-electron chi connectivity index (χ4n) is 3.13. The molecule has 4 heteroatoms. The normalized spacial score (nSPS) is 12.4. The maximum absolute atomic E-state index is 9.79. The minimum atomic E-state index is -0.578. The first-order valence-electron chi connectivity index (χ1n) is 8.75. The molecule has 4 aromatic rings. The van der Waals surface area contributed by atoms with Crippen LogP contribution in [0.25, 0.3) is 32.9 Å². The zero-order valence-electron chi connectivity index (χ0n) is 14.4. The van der Waals surface area contributed by atoms with E-state index in [0.717, 1.165) is 27.8 Å². The second kappa shape index (κ2) is 7.12. The Morgan fingerprint density at radius 2 is 1.69 bits per heavy atom. The summed E-state index contributed by atoms with van der Waals surface area (Å²) in [5.74, 6) is 0. The second-order valence-corrected chi connectivity index (χ2v) is 6.40. The summed E-state index contributed by atoms with van der Waals surface area (Å²) in [6.45, 7) is 0.634. The van der Waals surface area contributed by atoms with Gasteiger partial charge in [-0.25, -0.2) is 4.98 Å². The number of pyridine rings is 1. The van der Waals surface area contributed by atoms with E-state index in [2.05, 4.69) is 35.6 Å². The van der Waals surface area contributed by atoms with Gasteiger partial charge in [0, 0.05) is 29.7 Å². The van der Waals surface area contributed by atoms with Crippen LogP contribution in [0.1, 0.15) is 0 Å². The van der Waals surface area contributed by atoms with Gasteiger partial charge >= 0.3 is 0 Å². The summed E-state index contributed by atoms with van der Waals surface area (Å²) in [5, 5.41) is 16.5. The van der Waals surface area contributed by atoms with Crippen LogP contribution in [0.4, 0.5) is 5.69 Å². The molecule has 0 saturated heterocycles. The maximum Gasteiger partial charge on any atom is 0.0834 e. The average Bonchev–Trinajstić information content (AvgIpc) is 2.71. The highest BCUT2D eigenvalue weighted by Gasteiger charge is 2.09. The third-order valence-electron chi connectivity index (χ3n) is 4.56. The van der Waals surface area contributed by atoms with Crippen molar-refractivity contribution >= 4 is 27.4 Å². The van der Waals surface area contributed by atoms with Crippen LogP contribution in [0.3, 0.4) is 0 Å². The number of nitrogens with two attached hydrogens (primary N) is 1. The van der Waals surface area contributed by atoms with E-state index in [1.807, 2.05) is 42.5 Å². The van der Waals surface area contributed by atoms with E-state index in [4.69, 9.17) is 10.7 Å².